The third-order valence-electron chi connectivity index (χ3n) is 10.0. The number of esters is 1. The Morgan fingerprint density at radius 1 is 0.830 bits per heavy atom. The van der Waals surface area contributed by atoms with E-state index in [9.17, 15) is 4.79 Å². The Morgan fingerprint density at radius 3 is 2.19 bits per heavy atom. The van der Waals surface area contributed by atoms with E-state index in [1.807, 2.05) is 36.4 Å². The van der Waals surface area contributed by atoms with E-state index in [0.717, 1.165) is 39.6 Å². The monoisotopic (exact) mass is 690 g/mol. The molecular formula is C40H35BrO6. The molecule has 0 heterocycles. The molecule has 0 N–H and O–H groups in total. The molecule has 6 nitrogen and oxygen atoms in total. The van der Waals surface area contributed by atoms with Gasteiger partial charge in [0.15, 0.2) is 0 Å². The molecule has 1 spiro atoms. The third-order valence-corrected chi connectivity index (χ3v) is 10.5. The largest absolute Gasteiger partial charge is 0.496 e. The van der Waals surface area contributed by atoms with Gasteiger partial charge in [-0.2, -0.15) is 0 Å². The smallest absolute Gasteiger partial charge is 0.343 e. The minimum Gasteiger partial charge on any atom is -0.496 e. The first kappa shape index (κ1) is 31.0. The number of ether oxygens (including phenoxy) is 4. The highest BCUT2D eigenvalue weighted by Gasteiger charge is 2.56. The van der Waals surface area contributed by atoms with Crippen LogP contribution in [-0.4, -0.2) is 26.0 Å². The van der Waals surface area contributed by atoms with Crippen molar-refractivity contribution in [1.82, 2.24) is 0 Å². The summed E-state index contributed by atoms with van der Waals surface area (Å²) in [5.74, 6) is 0.877. The molecule has 4 aromatic carbocycles. The van der Waals surface area contributed by atoms with Gasteiger partial charge in [-0.25, -0.2) is 4.79 Å². The SMILES string of the molecule is COc1ccc(OC(=O)c2ccc(Br)cc2)c2c1C1=C[C@]3(C(C)=CCCC3(C)C)c3c(OC)cc(OCc4ccccc4)c(c31)C2=O. The van der Waals surface area contributed by atoms with Crippen LogP contribution in [0, 0.1) is 5.41 Å². The zero-order valence-corrected chi connectivity index (χ0v) is 28.6. The summed E-state index contributed by atoms with van der Waals surface area (Å²) in [5.41, 5.74) is 5.61. The summed E-state index contributed by atoms with van der Waals surface area (Å²) in [7, 11) is 3.25. The Labute approximate surface area is 283 Å². The highest BCUT2D eigenvalue weighted by molar-refractivity contribution is 9.10. The molecule has 238 valence electrons. The zero-order chi connectivity index (χ0) is 33.1. The first-order valence-corrected chi connectivity index (χ1v) is 16.5. The Hall–Kier alpha value is -4.62. The van der Waals surface area contributed by atoms with Crippen LogP contribution in [0.15, 0.2) is 95.0 Å². The molecule has 0 amide bonds. The molecule has 4 aromatic rings. The number of hydrogen-bond acceptors (Lipinski definition) is 6. The van der Waals surface area contributed by atoms with Gasteiger partial charge in [0, 0.05) is 32.6 Å². The van der Waals surface area contributed by atoms with Gasteiger partial charge in [0.05, 0.1) is 30.9 Å². The Kier molecular flexibility index (Phi) is 7.63. The van der Waals surface area contributed by atoms with Gasteiger partial charge in [0.2, 0.25) is 5.78 Å². The molecule has 0 aliphatic heterocycles. The first-order chi connectivity index (χ1) is 22.6. The average molecular weight is 692 g/mol. The fourth-order valence-electron chi connectivity index (χ4n) is 7.66. The van der Waals surface area contributed by atoms with Crippen LogP contribution in [0.3, 0.4) is 0 Å². The summed E-state index contributed by atoms with van der Waals surface area (Å²) < 4.78 is 25.4. The lowest BCUT2D eigenvalue weighted by Gasteiger charge is -2.48. The predicted molar refractivity (Wildman–Crippen MR) is 185 cm³/mol. The van der Waals surface area contributed by atoms with Crippen molar-refractivity contribution in [2.24, 2.45) is 5.41 Å². The van der Waals surface area contributed by atoms with Crippen LogP contribution in [0.2, 0.25) is 0 Å². The second-order valence-corrected chi connectivity index (χ2v) is 13.8. The standard InChI is InChI=1S/C40H35BrO6/c1-23-10-9-19-39(2,3)40(23)21-27-32-28(44-4)17-18-29(47-38(43)25-13-15-26(41)16-14-25)34(32)37(42)35-30(20-31(45-5)36(40)33(27)35)46-22-24-11-7-6-8-12-24/h6-8,10-18,20-21H,9,19,22H2,1-5H3/t40-/m0/s1. The van der Waals surface area contributed by atoms with Crippen molar-refractivity contribution < 1.29 is 28.5 Å². The normalized spacial score (nSPS) is 18.6. The Balaban J connectivity index is 1.50. The van der Waals surface area contributed by atoms with Gasteiger partial charge < -0.3 is 18.9 Å². The van der Waals surface area contributed by atoms with E-state index in [0.29, 0.717) is 33.9 Å². The highest BCUT2D eigenvalue weighted by Crippen LogP contribution is 2.65. The van der Waals surface area contributed by atoms with Gasteiger partial charge in [-0.1, -0.05) is 77.8 Å². The molecule has 1 atom stereocenters. The fourth-order valence-corrected chi connectivity index (χ4v) is 7.92. The van der Waals surface area contributed by atoms with Crippen molar-refractivity contribution in [1.29, 1.82) is 0 Å². The third kappa shape index (κ3) is 4.74. The van der Waals surface area contributed by atoms with E-state index in [1.54, 1.807) is 50.6 Å². The molecule has 3 aliphatic rings. The molecule has 7 heteroatoms. The quantitative estimate of drug-likeness (QED) is 0.0963. The Morgan fingerprint density at radius 2 is 1.51 bits per heavy atom. The molecule has 3 aliphatic carbocycles. The number of methoxy groups -OCH3 is 2. The molecule has 0 bridgehead atoms. The lowest BCUT2D eigenvalue weighted by molar-refractivity contribution is 0.0732. The molecule has 0 unspecified atom stereocenters. The maximum Gasteiger partial charge on any atom is 0.343 e. The van der Waals surface area contributed by atoms with Crippen LogP contribution in [0.4, 0.5) is 0 Å². The minimum atomic E-state index is -0.566. The summed E-state index contributed by atoms with van der Waals surface area (Å²) in [6, 6.07) is 22.0. The van der Waals surface area contributed by atoms with Gasteiger partial charge in [-0.3, -0.25) is 4.79 Å². The van der Waals surface area contributed by atoms with Crippen LogP contribution < -0.4 is 18.9 Å². The highest BCUT2D eigenvalue weighted by atomic mass is 79.9. The average Bonchev–Trinajstić information content (AvgIpc) is 3.44. The van der Waals surface area contributed by atoms with Crippen molar-refractivity contribution in [2.75, 3.05) is 14.2 Å². The number of ketones is 1. The molecule has 0 saturated heterocycles. The van der Waals surface area contributed by atoms with E-state index in [4.69, 9.17) is 18.9 Å². The lowest BCUT2D eigenvalue weighted by Crippen LogP contribution is -2.43. The van der Waals surface area contributed by atoms with Gasteiger partial charge in [0.25, 0.3) is 0 Å². The van der Waals surface area contributed by atoms with Crippen molar-refractivity contribution in [3.63, 3.8) is 0 Å². The van der Waals surface area contributed by atoms with Crippen LogP contribution in [0.1, 0.15) is 82.1 Å². The zero-order valence-electron chi connectivity index (χ0n) is 27.0. The summed E-state index contributed by atoms with van der Waals surface area (Å²) >= 11 is 3.41. The van der Waals surface area contributed by atoms with E-state index in [2.05, 4.69) is 48.9 Å². The molecule has 7 rings (SSSR count). The van der Waals surface area contributed by atoms with Crippen LogP contribution in [0.5, 0.6) is 23.0 Å². The minimum absolute atomic E-state index is 0.160. The molecule has 0 fully saturated rings. The lowest BCUT2D eigenvalue weighted by atomic mass is 9.55. The van der Waals surface area contributed by atoms with Crippen LogP contribution >= 0.6 is 15.9 Å². The summed E-state index contributed by atoms with van der Waals surface area (Å²) in [5, 5.41) is 0. The van der Waals surface area contributed by atoms with Crippen LogP contribution in [0.25, 0.3) is 5.57 Å². The van der Waals surface area contributed by atoms with E-state index >= 15 is 4.79 Å². The number of halogens is 1. The maximum atomic E-state index is 15.0. The molecule has 0 saturated carbocycles. The molecule has 47 heavy (non-hydrogen) atoms. The van der Waals surface area contributed by atoms with Gasteiger partial charge in [-0.05, 0) is 72.7 Å². The maximum absolute atomic E-state index is 15.0. The second-order valence-electron chi connectivity index (χ2n) is 12.9. The van der Waals surface area contributed by atoms with Crippen molar-refractivity contribution in [3.8, 4) is 23.0 Å². The molecule has 0 radical (unpaired) electrons. The first-order valence-electron chi connectivity index (χ1n) is 15.7. The molecular weight excluding hydrogens is 656 g/mol. The van der Waals surface area contributed by atoms with Crippen molar-refractivity contribution in [3.05, 3.63) is 134 Å². The van der Waals surface area contributed by atoms with Crippen LogP contribution in [-0.2, 0) is 12.0 Å². The Bertz CT molecular complexity index is 2010. The fraction of sp³-hybridized carbons (Fsp3) is 0.250. The van der Waals surface area contributed by atoms with E-state index in [-0.39, 0.29) is 29.1 Å². The predicted octanol–water partition coefficient (Wildman–Crippen LogP) is 9.26. The van der Waals surface area contributed by atoms with Gasteiger partial charge in [0.1, 0.15) is 29.6 Å². The number of hydrogen-bond donors (Lipinski definition) is 0. The molecule has 0 aromatic heterocycles. The van der Waals surface area contributed by atoms with Gasteiger partial charge >= 0.3 is 5.97 Å². The number of fused-ring (bicyclic) bond motifs is 3. The van der Waals surface area contributed by atoms with Crippen molar-refractivity contribution in [2.45, 2.75) is 45.6 Å². The number of benzene rings is 4. The van der Waals surface area contributed by atoms with Crippen molar-refractivity contribution >= 4 is 33.3 Å². The number of carbonyl (C=O) groups excluding carboxylic acids is 2. The number of carbonyl (C=O) groups is 2. The topological polar surface area (TPSA) is 71.1 Å². The van der Waals surface area contributed by atoms with E-state index < -0.39 is 11.4 Å². The summed E-state index contributed by atoms with van der Waals surface area (Å²) in [6.45, 7) is 6.98. The summed E-state index contributed by atoms with van der Waals surface area (Å²) in [6.07, 6.45) is 6.48. The summed E-state index contributed by atoms with van der Waals surface area (Å²) in [4.78, 5) is 28.4. The number of rotatable bonds is 7. The number of allylic oxidation sites excluding steroid dienone is 3. The second kappa shape index (κ2) is 11.6. The van der Waals surface area contributed by atoms with Gasteiger partial charge in [-0.15, -0.1) is 0 Å². The van der Waals surface area contributed by atoms with E-state index in [1.165, 1.54) is 5.57 Å².